The van der Waals surface area contributed by atoms with Crippen molar-refractivity contribution in [2.24, 2.45) is 0 Å². The van der Waals surface area contributed by atoms with E-state index in [2.05, 4.69) is 0 Å². The average molecular weight is 334 g/mol. The SMILES string of the molecule is CCCCOC(C)(OCCCC)OOC(=O)CCCCC(=O)O. The normalized spacial score (nSPS) is 11.4. The van der Waals surface area contributed by atoms with E-state index in [1.165, 1.54) is 0 Å². The fourth-order valence-electron chi connectivity index (χ4n) is 1.60. The first-order chi connectivity index (χ1) is 10.9. The number of carboxylic acids is 1. The molecular weight excluding hydrogens is 304 g/mol. The van der Waals surface area contributed by atoms with E-state index < -0.39 is 17.9 Å². The van der Waals surface area contributed by atoms with Gasteiger partial charge in [-0.1, -0.05) is 26.7 Å². The highest BCUT2D eigenvalue weighted by Crippen LogP contribution is 2.17. The second-order valence-electron chi connectivity index (χ2n) is 5.41. The minimum atomic E-state index is -1.42. The molecule has 1 N–H and O–H groups in total. The van der Waals surface area contributed by atoms with Crippen LogP contribution in [0.25, 0.3) is 0 Å². The highest BCUT2D eigenvalue weighted by Gasteiger charge is 2.30. The number of carbonyl (C=O) groups is 2. The summed E-state index contributed by atoms with van der Waals surface area (Å²) in [5.41, 5.74) is 0. The summed E-state index contributed by atoms with van der Waals surface area (Å²) in [7, 11) is 0. The van der Waals surface area contributed by atoms with Gasteiger partial charge in [0.1, 0.15) is 0 Å². The lowest BCUT2D eigenvalue weighted by molar-refractivity contribution is -0.481. The van der Waals surface area contributed by atoms with Gasteiger partial charge in [0.2, 0.25) is 0 Å². The lowest BCUT2D eigenvalue weighted by atomic mass is 10.2. The smallest absolute Gasteiger partial charge is 0.342 e. The third kappa shape index (κ3) is 13.0. The highest BCUT2D eigenvalue weighted by atomic mass is 17.3. The average Bonchev–Trinajstić information content (AvgIpc) is 2.50. The molecule has 0 aliphatic rings. The molecule has 0 saturated heterocycles. The molecule has 0 atom stereocenters. The molecule has 0 amide bonds. The maximum Gasteiger partial charge on any atom is 0.342 e. The van der Waals surface area contributed by atoms with Crippen LogP contribution < -0.4 is 0 Å². The molecule has 0 spiro atoms. The van der Waals surface area contributed by atoms with Gasteiger partial charge in [-0.2, -0.15) is 0 Å². The van der Waals surface area contributed by atoms with Crippen molar-refractivity contribution in [1.29, 1.82) is 0 Å². The summed E-state index contributed by atoms with van der Waals surface area (Å²) in [5, 5.41) is 8.52. The second-order valence-corrected chi connectivity index (χ2v) is 5.41. The first-order valence-corrected chi connectivity index (χ1v) is 8.31. The van der Waals surface area contributed by atoms with Crippen molar-refractivity contribution in [3.05, 3.63) is 0 Å². The Kier molecular flexibility index (Phi) is 12.6. The molecule has 0 aromatic rings. The Hall–Kier alpha value is -1.18. The minimum absolute atomic E-state index is 0.0338. The Morgan fingerprint density at radius 3 is 1.91 bits per heavy atom. The van der Waals surface area contributed by atoms with Gasteiger partial charge in [-0.05, 0) is 25.7 Å². The molecule has 0 aromatic carbocycles. The summed E-state index contributed by atoms with van der Waals surface area (Å²) >= 11 is 0. The maximum absolute atomic E-state index is 11.6. The van der Waals surface area contributed by atoms with Gasteiger partial charge in [0.05, 0.1) is 13.2 Å². The van der Waals surface area contributed by atoms with Gasteiger partial charge in [0, 0.05) is 19.8 Å². The minimum Gasteiger partial charge on any atom is -0.481 e. The summed E-state index contributed by atoms with van der Waals surface area (Å²) in [6.45, 7) is 6.52. The Labute approximate surface area is 138 Å². The van der Waals surface area contributed by atoms with Crippen LogP contribution in [0, 0.1) is 0 Å². The lowest BCUT2D eigenvalue weighted by Gasteiger charge is -2.27. The molecule has 0 fully saturated rings. The number of unbranched alkanes of at least 4 members (excludes halogenated alkanes) is 3. The van der Waals surface area contributed by atoms with Gasteiger partial charge < -0.3 is 14.6 Å². The van der Waals surface area contributed by atoms with Crippen LogP contribution in [0.5, 0.6) is 0 Å². The highest BCUT2D eigenvalue weighted by molar-refractivity contribution is 5.69. The number of carbonyl (C=O) groups excluding carboxylic acids is 1. The summed E-state index contributed by atoms with van der Waals surface area (Å²) in [4.78, 5) is 31.8. The summed E-state index contributed by atoms with van der Waals surface area (Å²) in [6.07, 6.45) is 4.60. The van der Waals surface area contributed by atoms with Crippen molar-refractivity contribution in [1.82, 2.24) is 0 Å². The number of aliphatic carboxylic acids is 1. The third-order valence-electron chi connectivity index (χ3n) is 3.03. The van der Waals surface area contributed by atoms with Crippen LogP contribution in [0.3, 0.4) is 0 Å². The van der Waals surface area contributed by atoms with Crippen LogP contribution in [0.4, 0.5) is 0 Å². The Morgan fingerprint density at radius 2 is 1.43 bits per heavy atom. The number of hydrogen-bond acceptors (Lipinski definition) is 6. The van der Waals surface area contributed by atoms with Gasteiger partial charge in [-0.15, -0.1) is 4.89 Å². The molecule has 0 aliphatic heterocycles. The van der Waals surface area contributed by atoms with E-state index in [0.717, 1.165) is 25.7 Å². The van der Waals surface area contributed by atoms with Crippen LogP contribution in [-0.4, -0.2) is 36.2 Å². The summed E-state index contributed by atoms with van der Waals surface area (Å²) in [5.74, 6) is -2.86. The number of carboxylic acid groups (broad SMARTS) is 1. The summed E-state index contributed by atoms with van der Waals surface area (Å²) < 4.78 is 11.0. The molecule has 0 aromatic heterocycles. The molecule has 0 bridgehead atoms. The van der Waals surface area contributed by atoms with E-state index in [-0.39, 0.29) is 12.8 Å². The fourth-order valence-corrected chi connectivity index (χ4v) is 1.60. The van der Waals surface area contributed by atoms with Crippen LogP contribution >= 0.6 is 0 Å². The first kappa shape index (κ1) is 21.8. The molecule has 136 valence electrons. The molecule has 0 unspecified atom stereocenters. The van der Waals surface area contributed by atoms with E-state index in [0.29, 0.717) is 26.1 Å². The molecule has 0 heterocycles. The first-order valence-electron chi connectivity index (χ1n) is 8.31. The van der Waals surface area contributed by atoms with Crippen LogP contribution in [-0.2, 0) is 28.8 Å². The zero-order valence-electron chi connectivity index (χ0n) is 14.5. The summed E-state index contributed by atoms with van der Waals surface area (Å²) in [6, 6.07) is 0. The van der Waals surface area contributed by atoms with E-state index in [9.17, 15) is 9.59 Å². The molecule has 0 rings (SSSR count). The topological polar surface area (TPSA) is 91.3 Å². The van der Waals surface area contributed by atoms with Gasteiger partial charge in [0.25, 0.3) is 0 Å². The lowest BCUT2D eigenvalue weighted by Crippen LogP contribution is -2.37. The molecule has 0 saturated carbocycles. The molecule has 0 aliphatic carbocycles. The standard InChI is InChI=1S/C16H30O7/c1-4-6-12-20-16(3,21-13-7-5-2)23-22-15(19)11-9-8-10-14(17)18/h4-13H2,1-3H3,(H,17,18). The number of ether oxygens (including phenoxy) is 2. The monoisotopic (exact) mass is 334 g/mol. The predicted octanol–water partition coefficient (Wildman–Crippen LogP) is 3.41. The predicted molar refractivity (Wildman–Crippen MR) is 83.4 cm³/mol. The van der Waals surface area contributed by atoms with Crippen molar-refractivity contribution in [3.63, 3.8) is 0 Å². The van der Waals surface area contributed by atoms with Gasteiger partial charge in [-0.25, -0.2) is 4.79 Å². The van der Waals surface area contributed by atoms with E-state index in [1.54, 1.807) is 6.92 Å². The van der Waals surface area contributed by atoms with Crippen molar-refractivity contribution in [2.75, 3.05) is 13.2 Å². The van der Waals surface area contributed by atoms with Crippen molar-refractivity contribution in [3.8, 4) is 0 Å². The van der Waals surface area contributed by atoms with Crippen LogP contribution in [0.1, 0.15) is 72.1 Å². The van der Waals surface area contributed by atoms with E-state index in [4.69, 9.17) is 24.4 Å². The van der Waals surface area contributed by atoms with E-state index in [1.807, 2.05) is 13.8 Å². The van der Waals surface area contributed by atoms with Gasteiger partial charge in [-0.3, -0.25) is 9.68 Å². The maximum atomic E-state index is 11.6. The zero-order chi connectivity index (χ0) is 17.6. The largest absolute Gasteiger partial charge is 0.481 e. The Balaban J connectivity index is 4.13. The van der Waals surface area contributed by atoms with Crippen molar-refractivity contribution in [2.45, 2.75) is 78.1 Å². The van der Waals surface area contributed by atoms with Gasteiger partial charge in [0.15, 0.2) is 0 Å². The van der Waals surface area contributed by atoms with Gasteiger partial charge >= 0.3 is 17.9 Å². The number of rotatable bonds is 15. The Morgan fingerprint density at radius 1 is 0.913 bits per heavy atom. The molecule has 7 heteroatoms. The molecule has 7 nitrogen and oxygen atoms in total. The number of hydrogen-bond donors (Lipinski definition) is 1. The third-order valence-corrected chi connectivity index (χ3v) is 3.03. The molecular formula is C16H30O7. The fraction of sp³-hybridized carbons (Fsp3) is 0.875. The van der Waals surface area contributed by atoms with Crippen molar-refractivity contribution >= 4 is 11.9 Å². The van der Waals surface area contributed by atoms with Crippen LogP contribution in [0.2, 0.25) is 0 Å². The second kappa shape index (κ2) is 13.3. The quantitative estimate of drug-likeness (QED) is 0.212. The molecule has 23 heavy (non-hydrogen) atoms. The van der Waals surface area contributed by atoms with Crippen molar-refractivity contribution < 1.29 is 33.9 Å². The van der Waals surface area contributed by atoms with Crippen LogP contribution in [0.15, 0.2) is 0 Å². The molecule has 0 radical (unpaired) electrons. The van der Waals surface area contributed by atoms with E-state index >= 15 is 0 Å². The Bertz CT molecular complexity index is 320. The zero-order valence-corrected chi connectivity index (χ0v) is 14.5.